The SMILES string of the molecule is COC(=O)c1cc(C2Nc3ccccc3-c3ccnc4[nH]cc2c34)ccc1C. The lowest BCUT2D eigenvalue weighted by Crippen LogP contribution is -2.13. The minimum atomic E-state index is -0.324. The summed E-state index contributed by atoms with van der Waals surface area (Å²) in [6.07, 6.45) is 3.83. The third-order valence-corrected chi connectivity index (χ3v) is 5.43. The van der Waals surface area contributed by atoms with Crippen LogP contribution in [0.25, 0.3) is 22.2 Å². The summed E-state index contributed by atoms with van der Waals surface area (Å²) in [5, 5.41) is 4.77. The van der Waals surface area contributed by atoms with Gasteiger partial charge in [0.25, 0.3) is 0 Å². The zero-order valence-electron chi connectivity index (χ0n) is 15.6. The fourth-order valence-corrected chi connectivity index (χ4v) is 4.02. The normalized spacial score (nSPS) is 14.9. The summed E-state index contributed by atoms with van der Waals surface area (Å²) in [7, 11) is 1.41. The molecule has 0 bridgehead atoms. The summed E-state index contributed by atoms with van der Waals surface area (Å²) in [4.78, 5) is 20.0. The first kappa shape index (κ1) is 16.6. The minimum Gasteiger partial charge on any atom is -0.465 e. The quantitative estimate of drug-likeness (QED) is 0.496. The summed E-state index contributed by atoms with van der Waals surface area (Å²) >= 11 is 0. The number of aromatic amines is 1. The molecule has 0 radical (unpaired) electrons. The summed E-state index contributed by atoms with van der Waals surface area (Å²) in [6.45, 7) is 1.92. The first-order valence-electron chi connectivity index (χ1n) is 9.18. The second kappa shape index (κ2) is 6.23. The van der Waals surface area contributed by atoms with Crippen molar-refractivity contribution >= 4 is 22.7 Å². The molecule has 0 saturated heterocycles. The van der Waals surface area contributed by atoms with Gasteiger partial charge in [-0.05, 0) is 41.8 Å². The van der Waals surface area contributed by atoms with E-state index in [1.165, 1.54) is 7.11 Å². The van der Waals surface area contributed by atoms with Crippen LogP contribution in [0.1, 0.15) is 33.1 Å². The van der Waals surface area contributed by atoms with E-state index in [0.717, 1.165) is 44.5 Å². The number of methoxy groups -OCH3 is 1. The van der Waals surface area contributed by atoms with Gasteiger partial charge in [0.2, 0.25) is 0 Å². The van der Waals surface area contributed by atoms with Gasteiger partial charge in [0, 0.05) is 34.6 Å². The molecule has 3 heterocycles. The molecular formula is C23H19N3O2. The molecule has 0 aliphatic carbocycles. The standard InChI is InChI=1S/C23H19N3O2/c1-13-7-8-14(11-17(13)23(27)28-2)21-18-12-25-22-20(18)16(9-10-24-22)15-5-3-4-6-19(15)26-21/h3-12,21,26H,1-2H3,(H,24,25). The molecule has 5 rings (SSSR count). The topological polar surface area (TPSA) is 67.0 Å². The largest absolute Gasteiger partial charge is 0.465 e. The van der Waals surface area contributed by atoms with Gasteiger partial charge in [0.05, 0.1) is 18.7 Å². The van der Waals surface area contributed by atoms with Crippen molar-refractivity contribution in [3.8, 4) is 11.1 Å². The zero-order valence-corrected chi connectivity index (χ0v) is 15.6. The van der Waals surface area contributed by atoms with Crippen molar-refractivity contribution in [2.75, 3.05) is 12.4 Å². The maximum atomic E-state index is 12.2. The molecule has 1 atom stereocenters. The molecule has 0 fully saturated rings. The van der Waals surface area contributed by atoms with Crippen molar-refractivity contribution in [3.63, 3.8) is 0 Å². The van der Waals surface area contributed by atoms with Crippen LogP contribution in [0.3, 0.4) is 0 Å². The second-order valence-corrected chi connectivity index (χ2v) is 7.02. The number of hydrogen-bond donors (Lipinski definition) is 2. The minimum absolute atomic E-state index is 0.121. The molecule has 0 amide bonds. The van der Waals surface area contributed by atoms with Crippen LogP contribution >= 0.6 is 0 Å². The van der Waals surface area contributed by atoms with Crippen LogP contribution in [0.4, 0.5) is 5.69 Å². The summed E-state index contributed by atoms with van der Waals surface area (Å²) in [5.41, 5.74) is 7.77. The monoisotopic (exact) mass is 369 g/mol. The molecule has 1 aliphatic heterocycles. The van der Waals surface area contributed by atoms with E-state index >= 15 is 0 Å². The maximum Gasteiger partial charge on any atom is 0.338 e. The van der Waals surface area contributed by atoms with Crippen molar-refractivity contribution in [2.24, 2.45) is 0 Å². The van der Waals surface area contributed by atoms with E-state index in [2.05, 4.69) is 39.6 Å². The van der Waals surface area contributed by atoms with Crippen LogP contribution in [-0.2, 0) is 4.74 Å². The van der Waals surface area contributed by atoms with Gasteiger partial charge in [-0.3, -0.25) is 0 Å². The van der Waals surface area contributed by atoms with E-state index in [9.17, 15) is 4.79 Å². The fourth-order valence-electron chi connectivity index (χ4n) is 4.02. The van der Waals surface area contributed by atoms with Gasteiger partial charge in [-0.1, -0.05) is 30.3 Å². The Morgan fingerprint density at radius 2 is 1.96 bits per heavy atom. The predicted molar refractivity (Wildman–Crippen MR) is 110 cm³/mol. The van der Waals surface area contributed by atoms with Crippen LogP contribution in [0.2, 0.25) is 0 Å². The lowest BCUT2D eigenvalue weighted by Gasteiger charge is -2.20. The average Bonchev–Trinajstić information content (AvgIpc) is 3.10. The first-order valence-corrected chi connectivity index (χ1v) is 9.18. The van der Waals surface area contributed by atoms with Crippen molar-refractivity contribution in [3.05, 3.63) is 83.2 Å². The molecule has 0 saturated carbocycles. The number of carbonyl (C=O) groups is 1. The molecular weight excluding hydrogens is 350 g/mol. The van der Waals surface area contributed by atoms with Gasteiger partial charge in [0.1, 0.15) is 5.65 Å². The smallest absolute Gasteiger partial charge is 0.338 e. The predicted octanol–water partition coefficient (Wildman–Crippen LogP) is 4.84. The number of para-hydroxylation sites is 1. The number of fused-ring (bicyclic) bond motifs is 2. The zero-order chi connectivity index (χ0) is 19.3. The highest BCUT2D eigenvalue weighted by Crippen LogP contribution is 2.43. The number of anilines is 1. The van der Waals surface area contributed by atoms with Gasteiger partial charge >= 0.3 is 5.97 Å². The lowest BCUT2D eigenvalue weighted by atomic mass is 9.94. The Hall–Kier alpha value is -3.60. The molecule has 4 aromatic rings. The molecule has 28 heavy (non-hydrogen) atoms. The Morgan fingerprint density at radius 3 is 2.82 bits per heavy atom. The number of carbonyl (C=O) groups excluding carboxylic acids is 1. The molecule has 2 aromatic carbocycles. The molecule has 0 spiro atoms. The number of ether oxygens (including phenoxy) is 1. The Kier molecular flexibility index (Phi) is 3.69. The Labute approximate surface area is 162 Å². The lowest BCUT2D eigenvalue weighted by molar-refractivity contribution is 0.0600. The third-order valence-electron chi connectivity index (χ3n) is 5.43. The molecule has 5 nitrogen and oxygen atoms in total. The van der Waals surface area contributed by atoms with Gasteiger partial charge in [-0.25, -0.2) is 9.78 Å². The molecule has 138 valence electrons. The highest BCUT2D eigenvalue weighted by Gasteiger charge is 2.26. The van der Waals surface area contributed by atoms with Crippen LogP contribution in [0.15, 0.2) is 60.9 Å². The number of nitrogens with zero attached hydrogens (tertiary/aromatic N) is 1. The molecule has 5 heteroatoms. The van der Waals surface area contributed by atoms with E-state index in [1.54, 1.807) is 0 Å². The van der Waals surface area contributed by atoms with Crippen LogP contribution in [0.5, 0.6) is 0 Å². The van der Waals surface area contributed by atoms with Crippen LogP contribution in [0, 0.1) is 6.92 Å². The second-order valence-electron chi connectivity index (χ2n) is 7.02. The van der Waals surface area contributed by atoms with Crippen molar-refractivity contribution in [2.45, 2.75) is 13.0 Å². The van der Waals surface area contributed by atoms with Crippen molar-refractivity contribution in [1.29, 1.82) is 0 Å². The number of benzene rings is 2. The Balaban J connectivity index is 1.77. The number of aryl methyl sites for hydroxylation is 1. The number of nitrogens with one attached hydrogen (secondary N) is 2. The van der Waals surface area contributed by atoms with Crippen molar-refractivity contribution < 1.29 is 9.53 Å². The first-order chi connectivity index (χ1) is 13.7. The highest BCUT2D eigenvalue weighted by atomic mass is 16.5. The number of hydrogen-bond acceptors (Lipinski definition) is 4. The van der Waals surface area contributed by atoms with E-state index < -0.39 is 0 Å². The van der Waals surface area contributed by atoms with Crippen LogP contribution < -0.4 is 5.32 Å². The Bertz CT molecular complexity index is 1230. The maximum absolute atomic E-state index is 12.2. The molecule has 1 aliphatic rings. The van der Waals surface area contributed by atoms with Gasteiger partial charge in [-0.15, -0.1) is 0 Å². The number of pyridine rings is 1. The highest BCUT2D eigenvalue weighted by molar-refractivity contribution is 6.01. The number of H-pyrrole nitrogens is 1. The van der Waals surface area contributed by atoms with E-state index in [1.807, 2.05) is 43.6 Å². The Morgan fingerprint density at radius 1 is 1.11 bits per heavy atom. The summed E-state index contributed by atoms with van der Waals surface area (Å²) < 4.78 is 4.96. The van der Waals surface area contributed by atoms with Crippen molar-refractivity contribution in [1.82, 2.24) is 9.97 Å². The number of esters is 1. The molecule has 2 aromatic heterocycles. The van der Waals surface area contributed by atoms with Gasteiger partial charge in [-0.2, -0.15) is 0 Å². The van der Waals surface area contributed by atoms with Crippen LogP contribution in [-0.4, -0.2) is 23.0 Å². The molecule has 2 N–H and O–H groups in total. The third kappa shape index (κ3) is 2.40. The summed E-state index contributed by atoms with van der Waals surface area (Å²) in [5.74, 6) is -0.324. The van der Waals surface area contributed by atoms with E-state index in [4.69, 9.17) is 4.74 Å². The average molecular weight is 369 g/mol. The summed E-state index contributed by atoms with van der Waals surface area (Å²) in [6, 6.07) is 16.1. The number of aromatic nitrogens is 2. The van der Waals surface area contributed by atoms with E-state index in [0.29, 0.717) is 5.56 Å². The number of rotatable bonds is 2. The fraction of sp³-hybridized carbons (Fsp3) is 0.130. The van der Waals surface area contributed by atoms with Gasteiger partial charge in [0.15, 0.2) is 0 Å². The van der Waals surface area contributed by atoms with Gasteiger partial charge < -0.3 is 15.0 Å². The van der Waals surface area contributed by atoms with E-state index in [-0.39, 0.29) is 12.0 Å². The molecule has 1 unspecified atom stereocenters.